The van der Waals surface area contributed by atoms with Crippen LogP contribution in [0.5, 0.6) is 5.75 Å². The number of aromatic nitrogens is 2. The summed E-state index contributed by atoms with van der Waals surface area (Å²) in [7, 11) is 9.75. The van der Waals surface area contributed by atoms with Gasteiger partial charge in [0.15, 0.2) is 0 Å². The molecule has 0 spiro atoms. The van der Waals surface area contributed by atoms with Crippen molar-refractivity contribution in [3.8, 4) is 17.1 Å². The van der Waals surface area contributed by atoms with Crippen molar-refractivity contribution in [2.75, 3.05) is 93.9 Å². The number of anilines is 2. The molecule has 0 bridgehead atoms. The summed E-state index contributed by atoms with van der Waals surface area (Å²) in [6, 6.07) is 14.3. The predicted octanol–water partition coefficient (Wildman–Crippen LogP) is 4.75. The SMILES string of the molecule is CC[C@H](NC(=O)C[C@H](O)[C@H](C)CCCC(=O)NCCNCc1ccc(-c2ccc3ncnc(Nc4ccc(OCc5cccc(F)c5)c(Cl)c4)c3c2)o1)C(=O)N(C)CC(=O)N(C)CC(=O)NC(C(=O)N(C)[C@@H](CC(C)C)C(=O)N[C@@H](C)C(=O)N[C@H](C)C(=O)N(C)CC(=O)N(C)CC(=O)N(C)C(C(=O)NC)C(C)C)C(C)C. The largest absolute Gasteiger partial charge is 0.487 e. The number of carbonyl (C=O) groups is 12. The summed E-state index contributed by atoms with van der Waals surface area (Å²) < 4.78 is 25.7. The summed E-state index contributed by atoms with van der Waals surface area (Å²) in [6.45, 7) is 16.3. The van der Waals surface area contributed by atoms with Crippen molar-refractivity contribution in [3.05, 3.63) is 101 Å². The normalized spacial score (nSPS) is 13.4. The highest BCUT2D eigenvalue weighted by atomic mass is 35.5. The summed E-state index contributed by atoms with van der Waals surface area (Å²) in [5.41, 5.74) is 2.83. The number of furan rings is 1. The maximum atomic E-state index is 14.2. The Morgan fingerprint density at radius 3 is 1.93 bits per heavy atom. The van der Waals surface area contributed by atoms with Crippen molar-refractivity contribution in [1.29, 1.82) is 0 Å². The van der Waals surface area contributed by atoms with Crippen LogP contribution >= 0.6 is 11.6 Å². The molecule has 12 amide bonds. The molecule has 0 saturated carbocycles. The van der Waals surface area contributed by atoms with Gasteiger partial charge in [0.2, 0.25) is 70.9 Å². The van der Waals surface area contributed by atoms with Gasteiger partial charge in [0.1, 0.15) is 78.1 Å². The monoisotopic (exact) mass is 1570 g/mol. The van der Waals surface area contributed by atoms with Gasteiger partial charge in [-0.1, -0.05) is 79.1 Å². The second kappa shape index (κ2) is 43.9. The van der Waals surface area contributed by atoms with Gasteiger partial charge in [0, 0.05) is 85.5 Å². The highest BCUT2D eigenvalue weighted by Crippen LogP contribution is 2.33. The number of likely N-dealkylation sites (N-methyl/N-ethyl adjacent to an activating group) is 7. The van der Waals surface area contributed by atoms with Crippen LogP contribution in [0.15, 0.2) is 83.5 Å². The number of ether oxygens (including phenoxy) is 1. The molecule has 0 radical (unpaired) electrons. The zero-order valence-corrected chi connectivity index (χ0v) is 67.5. The van der Waals surface area contributed by atoms with E-state index in [0.29, 0.717) is 77.4 Å². The fourth-order valence-corrected chi connectivity index (χ4v) is 12.2. The Balaban J connectivity index is 0.991. The van der Waals surface area contributed by atoms with Gasteiger partial charge in [0.25, 0.3) is 0 Å². The van der Waals surface area contributed by atoms with Gasteiger partial charge in [-0.3, -0.25) is 57.5 Å². The highest BCUT2D eigenvalue weighted by molar-refractivity contribution is 6.32. The van der Waals surface area contributed by atoms with E-state index < -0.39 is 127 Å². The minimum atomic E-state index is -1.22. The number of amides is 12. The predicted molar refractivity (Wildman–Crippen MR) is 417 cm³/mol. The first-order chi connectivity index (χ1) is 52.3. The number of benzene rings is 3. The fourth-order valence-electron chi connectivity index (χ4n) is 12.0. The maximum absolute atomic E-state index is 14.2. The van der Waals surface area contributed by atoms with Crippen LogP contribution in [0.25, 0.3) is 22.2 Å². The molecule has 111 heavy (non-hydrogen) atoms. The first-order valence-corrected chi connectivity index (χ1v) is 37.6. The van der Waals surface area contributed by atoms with Crippen LogP contribution in [0.3, 0.4) is 0 Å². The van der Waals surface area contributed by atoms with Crippen LogP contribution in [0.1, 0.15) is 119 Å². The Morgan fingerprint density at radius 1 is 0.640 bits per heavy atom. The van der Waals surface area contributed by atoms with E-state index in [1.807, 2.05) is 44.2 Å². The molecule has 8 atom stereocenters. The zero-order valence-electron chi connectivity index (χ0n) is 66.8. The molecule has 31 nitrogen and oxygen atoms in total. The van der Waals surface area contributed by atoms with Crippen LogP contribution in [-0.2, 0) is 70.7 Å². The van der Waals surface area contributed by atoms with Crippen molar-refractivity contribution in [2.45, 2.75) is 163 Å². The van der Waals surface area contributed by atoms with Crippen LogP contribution in [0.4, 0.5) is 15.9 Å². The van der Waals surface area contributed by atoms with Gasteiger partial charge >= 0.3 is 0 Å². The third-order valence-corrected chi connectivity index (χ3v) is 19.0. The topological polar surface area (TPSA) is 389 Å². The molecule has 0 aliphatic rings. The molecule has 0 aliphatic heterocycles. The number of hydrogen-bond acceptors (Lipinski definition) is 19. The van der Waals surface area contributed by atoms with Crippen LogP contribution in [0.2, 0.25) is 5.02 Å². The van der Waals surface area contributed by atoms with Crippen molar-refractivity contribution in [3.63, 3.8) is 0 Å². The number of halogens is 2. The number of carbonyl (C=O) groups excluding carboxylic acids is 12. The molecule has 608 valence electrons. The van der Waals surface area contributed by atoms with E-state index >= 15 is 0 Å². The van der Waals surface area contributed by atoms with E-state index in [4.69, 9.17) is 20.8 Å². The van der Waals surface area contributed by atoms with E-state index in [0.717, 1.165) is 30.5 Å². The molecule has 0 saturated heterocycles. The Labute approximate surface area is 653 Å². The molecular weight excluding hydrogens is 1460 g/mol. The summed E-state index contributed by atoms with van der Waals surface area (Å²) in [4.78, 5) is 176. The molecule has 9 N–H and O–H groups in total. The van der Waals surface area contributed by atoms with Gasteiger partial charge in [-0.2, -0.15) is 0 Å². The van der Waals surface area contributed by atoms with E-state index in [2.05, 4.69) is 52.5 Å². The number of nitrogens with one attached hydrogen (secondary N) is 8. The molecule has 5 aromatic rings. The number of aliphatic hydroxyl groups is 1. The van der Waals surface area contributed by atoms with Crippen molar-refractivity contribution < 1.29 is 76.2 Å². The first-order valence-electron chi connectivity index (χ1n) is 37.2. The first kappa shape index (κ1) is 91.3. The van der Waals surface area contributed by atoms with Gasteiger partial charge in [-0.25, -0.2) is 14.4 Å². The summed E-state index contributed by atoms with van der Waals surface area (Å²) >= 11 is 6.57. The highest BCUT2D eigenvalue weighted by Gasteiger charge is 2.37. The second-order valence-electron chi connectivity index (χ2n) is 29.1. The Hall–Kier alpha value is -10.3. The van der Waals surface area contributed by atoms with Crippen LogP contribution in [0, 0.1) is 29.5 Å². The number of nitrogens with zero attached hydrogens (tertiary/aromatic N) is 8. The number of aliphatic hydroxyl groups excluding tert-OH is 1. The minimum Gasteiger partial charge on any atom is -0.487 e. The molecular formula is C78H112ClFN16O15. The van der Waals surface area contributed by atoms with Gasteiger partial charge < -0.3 is 86.2 Å². The lowest BCUT2D eigenvalue weighted by Gasteiger charge is -2.34. The van der Waals surface area contributed by atoms with Crippen LogP contribution in [-0.4, -0.2) is 246 Å². The third-order valence-electron chi connectivity index (χ3n) is 18.7. The van der Waals surface area contributed by atoms with E-state index in [1.165, 1.54) is 91.4 Å². The summed E-state index contributed by atoms with van der Waals surface area (Å²) in [5.74, 6) is -6.28. The van der Waals surface area contributed by atoms with E-state index in [-0.39, 0.29) is 74.2 Å². The molecule has 33 heteroatoms. The Kier molecular flexibility index (Phi) is 36.1. The molecule has 0 fully saturated rings. The zero-order chi connectivity index (χ0) is 82.7. The van der Waals surface area contributed by atoms with Gasteiger partial charge in [0.05, 0.1) is 55.8 Å². The Morgan fingerprint density at radius 2 is 1.30 bits per heavy atom. The average Bonchev–Trinajstić information content (AvgIpc) is 1.78. The minimum absolute atomic E-state index is 0.141. The average molecular weight is 1570 g/mol. The summed E-state index contributed by atoms with van der Waals surface area (Å²) in [5, 5.41) is 34.6. The van der Waals surface area contributed by atoms with Crippen molar-refractivity contribution >= 4 is 105 Å². The molecule has 2 heterocycles. The number of fused-ring (bicyclic) bond motifs is 1. The fraction of sp³-hybridized carbons (Fsp3) is 0.538. The number of rotatable bonds is 43. The van der Waals surface area contributed by atoms with Gasteiger partial charge in [-0.15, -0.1) is 0 Å². The summed E-state index contributed by atoms with van der Waals surface area (Å²) in [6.07, 6.45) is 1.38. The smallest absolute Gasteiger partial charge is 0.245 e. The lowest BCUT2D eigenvalue weighted by atomic mass is 9.95. The van der Waals surface area contributed by atoms with Crippen molar-refractivity contribution in [2.24, 2.45) is 23.7 Å². The third kappa shape index (κ3) is 28.2. The molecule has 0 aliphatic carbocycles. The van der Waals surface area contributed by atoms with Crippen LogP contribution < -0.4 is 47.3 Å². The van der Waals surface area contributed by atoms with Gasteiger partial charge in [-0.05, 0) is 129 Å². The lowest BCUT2D eigenvalue weighted by molar-refractivity contribution is -0.146. The van der Waals surface area contributed by atoms with Crippen molar-refractivity contribution in [1.82, 2.24) is 76.6 Å². The quantitative estimate of drug-likeness (QED) is 0.0238. The molecule has 2 aromatic heterocycles. The number of hydrogen-bond donors (Lipinski definition) is 9. The van der Waals surface area contributed by atoms with E-state index in [1.54, 1.807) is 71.9 Å². The maximum Gasteiger partial charge on any atom is 0.245 e. The Bertz CT molecular complexity index is 4050. The molecule has 2 unspecified atom stereocenters. The molecule has 3 aromatic carbocycles. The lowest BCUT2D eigenvalue weighted by Crippen LogP contribution is -2.59. The standard InChI is InChI=1S/C78H112ClFN16O15/c1-18-58(89-65(99)37-61(97)48(8)21-19-24-64(98)83-32-31-82-38-55-27-30-62(111-55)52-25-28-59-56(35-52)72(85-44-84-59)88-54-26-29-63(57(79)36-54)110-43-51-22-20-23-53(80)34-51)77(108)94(15)41-67(101)91(12)39-66(100)90-70(46(4)5)78(109)95(16)60(33-45(2)3)74(105)86-49(9)73(104)87-50(10)76(107)93(14)40-68(102)92(13)42-69(103)96(17)71(47(6)7)75(106)81-11/h20,22-23,25-30,34-36,44-50,58,60-61,70-71,82,97H,18-19,21,24,31-33,37-43H2,1-17H3,(H,81,106)(H,83,98)(H,86,105)(H,87,104)(H,89,99)(H,90,100)(H,84,85,88)/t48-,49+,50-,58+,60+,61+,70?,71?/m1/s1. The second-order valence-corrected chi connectivity index (χ2v) is 29.6. The van der Waals surface area contributed by atoms with E-state index in [9.17, 15) is 67.0 Å². The molecule has 5 rings (SSSR count).